The summed E-state index contributed by atoms with van der Waals surface area (Å²) in [4.78, 5) is 17.2. The molecule has 2 heterocycles. The van der Waals surface area contributed by atoms with Crippen molar-refractivity contribution < 1.29 is 4.74 Å². The minimum atomic E-state index is 0.447. The van der Waals surface area contributed by atoms with Crippen LogP contribution in [-0.2, 0) is 0 Å². The van der Waals surface area contributed by atoms with E-state index in [4.69, 9.17) is 10.5 Å². The number of hydrogen-bond donors (Lipinski definition) is 3. The fourth-order valence-electron chi connectivity index (χ4n) is 2.65. The molecule has 0 unspecified atom stereocenters. The molecule has 4 N–H and O–H groups in total. The molecular weight excluding hydrogens is 342 g/mol. The van der Waals surface area contributed by atoms with Crippen molar-refractivity contribution in [3.63, 3.8) is 0 Å². The van der Waals surface area contributed by atoms with Crippen LogP contribution in [0.1, 0.15) is 5.56 Å². The van der Waals surface area contributed by atoms with Gasteiger partial charge in [0, 0.05) is 49.9 Å². The molecule has 0 spiro atoms. The number of benzene rings is 1. The van der Waals surface area contributed by atoms with Crippen LogP contribution in [0.2, 0.25) is 0 Å². The number of hydrogen-bond acceptors (Lipinski definition) is 8. The molecule has 1 aromatic carbocycles. The number of nitrogens with one attached hydrogen (secondary N) is 2. The van der Waals surface area contributed by atoms with Crippen LogP contribution in [0.3, 0.4) is 0 Å². The molecular formula is C19H21N7O. The lowest BCUT2D eigenvalue weighted by Crippen LogP contribution is -2.02. The van der Waals surface area contributed by atoms with Crippen LogP contribution >= 0.6 is 0 Å². The zero-order valence-corrected chi connectivity index (χ0v) is 15.4. The number of ether oxygens (including phenoxy) is 1. The van der Waals surface area contributed by atoms with E-state index < -0.39 is 0 Å². The van der Waals surface area contributed by atoms with Gasteiger partial charge in [-0.3, -0.25) is 4.99 Å². The Bertz CT molecular complexity index is 1010. The van der Waals surface area contributed by atoms with Gasteiger partial charge in [-0.1, -0.05) is 6.07 Å². The first-order chi connectivity index (χ1) is 13.2. The van der Waals surface area contributed by atoms with Crippen LogP contribution in [0, 0.1) is 0 Å². The number of nitrogens with zero attached hydrogens (tertiary/aromatic N) is 4. The monoisotopic (exact) mass is 363 g/mol. The van der Waals surface area contributed by atoms with Crippen molar-refractivity contribution in [2.75, 3.05) is 31.8 Å². The third-order valence-electron chi connectivity index (χ3n) is 3.96. The predicted molar refractivity (Wildman–Crippen MR) is 110 cm³/mol. The Hall–Kier alpha value is -3.68. The summed E-state index contributed by atoms with van der Waals surface area (Å²) < 4.78 is 5.51. The molecule has 0 atom stereocenters. The van der Waals surface area contributed by atoms with Gasteiger partial charge < -0.3 is 21.1 Å². The summed E-state index contributed by atoms with van der Waals surface area (Å²) in [6.07, 6.45) is 6.67. The molecule has 0 saturated carbocycles. The maximum Gasteiger partial charge on any atom is 0.227 e. The van der Waals surface area contributed by atoms with E-state index in [0.717, 1.165) is 27.7 Å². The summed E-state index contributed by atoms with van der Waals surface area (Å²) >= 11 is 0. The summed E-state index contributed by atoms with van der Waals surface area (Å²) in [7, 11) is 5.11. The van der Waals surface area contributed by atoms with E-state index in [-0.39, 0.29) is 0 Å². The Labute approximate surface area is 157 Å². The molecule has 138 valence electrons. The lowest BCUT2D eigenvalue weighted by molar-refractivity contribution is 0.416. The predicted octanol–water partition coefficient (Wildman–Crippen LogP) is 2.82. The molecule has 3 rings (SSSR count). The molecule has 27 heavy (non-hydrogen) atoms. The molecule has 0 fully saturated rings. The highest BCUT2D eigenvalue weighted by atomic mass is 16.5. The Morgan fingerprint density at radius 2 is 2.11 bits per heavy atom. The second-order valence-corrected chi connectivity index (χ2v) is 5.59. The maximum absolute atomic E-state index is 5.68. The number of anilines is 3. The van der Waals surface area contributed by atoms with E-state index in [1.807, 2.05) is 24.3 Å². The average molecular weight is 363 g/mol. The van der Waals surface area contributed by atoms with Gasteiger partial charge in [0.15, 0.2) is 5.82 Å². The van der Waals surface area contributed by atoms with Gasteiger partial charge in [-0.25, -0.2) is 15.0 Å². The smallest absolute Gasteiger partial charge is 0.227 e. The molecule has 3 aromatic rings. The van der Waals surface area contributed by atoms with Gasteiger partial charge in [0.05, 0.1) is 12.8 Å². The first-order valence-electron chi connectivity index (χ1n) is 8.29. The van der Waals surface area contributed by atoms with Gasteiger partial charge in [0.25, 0.3) is 0 Å². The molecule has 8 heteroatoms. The maximum atomic E-state index is 5.68. The summed E-state index contributed by atoms with van der Waals surface area (Å²) in [6.45, 7) is 0. The van der Waals surface area contributed by atoms with Gasteiger partial charge in [-0.2, -0.15) is 0 Å². The van der Waals surface area contributed by atoms with E-state index in [9.17, 15) is 0 Å². The molecule has 0 amide bonds. The van der Waals surface area contributed by atoms with Gasteiger partial charge in [0.1, 0.15) is 11.3 Å². The summed E-state index contributed by atoms with van der Waals surface area (Å²) in [6, 6.07) is 7.56. The van der Waals surface area contributed by atoms with Crippen molar-refractivity contribution in [2.45, 2.75) is 0 Å². The van der Waals surface area contributed by atoms with Crippen molar-refractivity contribution in [2.24, 2.45) is 10.7 Å². The van der Waals surface area contributed by atoms with Crippen molar-refractivity contribution >= 4 is 40.1 Å². The van der Waals surface area contributed by atoms with Crippen LogP contribution < -0.4 is 21.1 Å². The number of nitrogens with two attached hydrogens (primary N) is 1. The van der Waals surface area contributed by atoms with Crippen LogP contribution in [0.4, 0.5) is 17.5 Å². The van der Waals surface area contributed by atoms with E-state index in [1.165, 1.54) is 6.20 Å². The van der Waals surface area contributed by atoms with Gasteiger partial charge >= 0.3 is 0 Å². The zero-order valence-electron chi connectivity index (χ0n) is 15.4. The van der Waals surface area contributed by atoms with Gasteiger partial charge in [-0.05, 0) is 23.8 Å². The van der Waals surface area contributed by atoms with E-state index in [1.54, 1.807) is 39.8 Å². The Balaban J connectivity index is 1.96. The molecule has 0 aliphatic carbocycles. The average Bonchev–Trinajstić information content (AvgIpc) is 2.71. The minimum absolute atomic E-state index is 0.447. The largest absolute Gasteiger partial charge is 0.495 e. The SMILES string of the molecule is CN=CC(=CN)c1ccc(Nc2ncc3ccnc(NC)c3n2)c(OC)c1. The standard InChI is InChI=1S/C19H21N7O/c1-21-10-14(9-20)12-4-5-15(16(8-12)27-3)25-19-24-11-13-6-7-23-18(22-2)17(13)26-19/h4-11H,20H2,1-3H3,(H,22,23)(H,24,25,26). The fraction of sp³-hybridized carbons (Fsp3) is 0.158. The number of aliphatic imine (C=N–C) groups is 1. The van der Waals surface area contributed by atoms with E-state index in [2.05, 4.69) is 30.6 Å². The zero-order chi connectivity index (χ0) is 19.2. The van der Waals surface area contributed by atoms with Crippen molar-refractivity contribution in [1.29, 1.82) is 0 Å². The first-order valence-corrected chi connectivity index (χ1v) is 8.29. The second-order valence-electron chi connectivity index (χ2n) is 5.59. The van der Waals surface area contributed by atoms with Crippen molar-refractivity contribution in [1.82, 2.24) is 15.0 Å². The van der Waals surface area contributed by atoms with E-state index in [0.29, 0.717) is 17.5 Å². The molecule has 0 saturated heterocycles. The first kappa shape index (κ1) is 18.1. The van der Waals surface area contributed by atoms with E-state index >= 15 is 0 Å². The molecule has 0 radical (unpaired) electrons. The number of rotatable bonds is 6. The number of methoxy groups -OCH3 is 1. The Morgan fingerprint density at radius 1 is 1.26 bits per heavy atom. The molecule has 0 aliphatic rings. The summed E-state index contributed by atoms with van der Waals surface area (Å²) in [5, 5.41) is 7.14. The summed E-state index contributed by atoms with van der Waals surface area (Å²) in [5.41, 5.74) is 8.85. The van der Waals surface area contributed by atoms with Crippen LogP contribution in [0.25, 0.3) is 16.5 Å². The van der Waals surface area contributed by atoms with Crippen LogP contribution in [0.5, 0.6) is 5.75 Å². The lowest BCUT2D eigenvalue weighted by Gasteiger charge is -2.13. The number of fused-ring (bicyclic) bond motifs is 1. The van der Waals surface area contributed by atoms with Crippen LogP contribution in [-0.4, -0.2) is 42.4 Å². The van der Waals surface area contributed by atoms with Crippen molar-refractivity contribution in [3.05, 3.63) is 48.4 Å². The van der Waals surface area contributed by atoms with Gasteiger partial charge in [0.2, 0.25) is 5.95 Å². The minimum Gasteiger partial charge on any atom is -0.495 e. The Kier molecular flexibility index (Phi) is 5.46. The highest BCUT2D eigenvalue weighted by Gasteiger charge is 2.10. The number of aromatic nitrogens is 3. The highest BCUT2D eigenvalue weighted by molar-refractivity contribution is 6.09. The fourth-order valence-corrected chi connectivity index (χ4v) is 2.65. The van der Waals surface area contributed by atoms with Crippen LogP contribution in [0.15, 0.2) is 47.9 Å². The third-order valence-corrected chi connectivity index (χ3v) is 3.96. The summed E-state index contributed by atoms with van der Waals surface area (Å²) in [5.74, 6) is 1.78. The molecule has 0 bridgehead atoms. The normalized spacial score (nSPS) is 11.7. The topological polar surface area (TPSA) is 110 Å². The quantitative estimate of drug-likeness (QED) is 0.578. The second kappa shape index (κ2) is 8.13. The third kappa shape index (κ3) is 3.79. The highest BCUT2D eigenvalue weighted by Crippen LogP contribution is 2.30. The molecule has 2 aromatic heterocycles. The number of pyridine rings is 1. The van der Waals surface area contributed by atoms with Gasteiger partial charge in [-0.15, -0.1) is 0 Å². The molecule has 0 aliphatic heterocycles. The number of allylic oxidation sites excluding steroid dienone is 1. The molecule has 8 nitrogen and oxygen atoms in total. The van der Waals surface area contributed by atoms with Crippen molar-refractivity contribution in [3.8, 4) is 5.75 Å². The Morgan fingerprint density at radius 3 is 2.81 bits per heavy atom. The lowest BCUT2D eigenvalue weighted by atomic mass is 10.1.